The van der Waals surface area contributed by atoms with Gasteiger partial charge in [0.25, 0.3) is 11.8 Å². The quantitative estimate of drug-likeness (QED) is 0.419. The number of aliphatic carboxylic acids is 1. The summed E-state index contributed by atoms with van der Waals surface area (Å²) in [5.74, 6) is -1.44. The van der Waals surface area contributed by atoms with E-state index in [2.05, 4.69) is 10.6 Å². The summed E-state index contributed by atoms with van der Waals surface area (Å²) >= 11 is 12.0. The molecule has 0 saturated carbocycles. The van der Waals surface area contributed by atoms with Crippen LogP contribution in [0.2, 0.25) is 10.0 Å². The second-order valence-electron chi connectivity index (χ2n) is 6.75. The normalized spacial score (nSPS) is 11.4. The van der Waals surface area contributed by atoms with Gasteiger partial charge in [-0.25, -0.2) is 4.79 Å². The van der Waals surface area contributed by atoms with Gasteiger partial charge in [-0.2, -0.15) is 0 Å². The lowest BCUT2D eigenvalue weighted by atomic mass is 10.1. The first-order valence-corrected chi connectivity index (χ1v) is 10.5. The van der Waals surface area contributed by atoms with Gasteiger partial charge in [-0.05, 0) is 43.5 Å². The Balaban J connectivity index is 1.88. The molecule has 2 amide bonds. The predicted molar refractivity (Wildman–Crippen MR) is 121 cm³/mol. The van der Waals surface area contributed by atoms with Gasteiger partial charge >= 0.3 is 5.97 Å². The molecule has 2 aromatic rings. The van der Waals surface area contributed by atoms with Gasteiger partial charge in [0.05, 0.1) is 29.8 Å². The fourth-order valence-electron chi connectivity index (χ4n) is 3.04. The number of ether oxygens (including phenoxy) is 2. The van der Waals surface area contributed by atoms with Crippen molar-refractivity contribution < 1.29 is 29.0 Å². The lowest BCUT2D eigenvalue weighted by molar-refractivity contribution is -0.139. The van der Waals surface area contributed by atoms with Crippen molar-refractivity contribution >= 4 is 41.0 Å². The molecule has 0 fully saturated rings. The molecule has 0 bridgehead atoms. The van der Waals surface area contributed by atoms with E-state index < -0.39 is 17.9 Å². The first-order chi connectivity index (χ1) is 15.3. The number of unbranched alkanes of at least 4 members (excludes halogenated alkanes) is 1. The van der Waals surface area contributed by atoms with Crippen LogP contribution in [-0.2, 0) is 4.79 Å². The van der Waals surface area contributed by atoms with Crippen molar-refractivity contribution in [2.45, 2.75) is 25.3 Å². The SMILES string of the molecule is COc1cccc(OC)c1C(=O)NCCCC[C@H](NC(=O)c1c(Cl)cccc1Cl)C(=O)O. The standard InChI is InChI=1S/C22H24Cl2N2O6/c1-31-16-10-6-11-17(32-2)19(16)20(27)25-12-4-3-9-15(22(29)30)26-21(28)18-13(23)7-5-8-14(18)24/h5-8,10-11,15H,3-4,9,12H2,1-2H3,(H,25,27)(H,26,28)(H,29,30)/t15-/m0/s1. The van der Waals surface area contributed by atoms with Gasteiger partial charge in [0.2, 0.25) is 0 Å². The van der Waals surface area contributed by atoms with Crippen LogP contribution in [0.5, 0.6) is 11.5 Å². The Labute approximate surface area is 195 Å². The molecule has 0 saturated heterocycles. The number of nitrogens with one attached hydrogen (secondary N) is 2. The Morgan fingerprint density at radius 1 is 0.906 bits per heavy atom. The maximum Gasteiger partial charge on any atom is 0.326 e. The van der Waals surface area contributed by atoms with Crippen LogP contribution in [0.3, 0.4) is 0 Å². The number of carboxylic acid groups (broad SMARTS) is 1. The van der Waals surface area contributed by atoms with Crippen LogP contribution in [0.4, 0.5) is 0 Å². The molecule has 2 aromatic carbocycles. The Morgan fingerprint density at radius 2 is 1.47 bits per heavy atom. The molecule has 0 aliphatic heterocycles. The van der Waals surface area contributed by atoms with Crippen LogP contribution in [0, 0.1) is 0 Å². The fraction of sp³-hybridized carbons (Fsp3) is 0.318. The molecule has 32 heavy (non-hydrogen) atoms. The lowest BCUT2D eigenvalue weighted by Crippen LogP contribution is -2.41. The molecule has 0 unspecified atom stereocenters. The molecule has 1 atom stereocenters. The van der Waals surface area contributed by atoms with Crippen molar-refractivity contribution in [1.82, 2.24) is 10.6 Å². The smallest absolute Gasteiger partial charge is 0.326 e. The zero-order chi connectivity index (χ0) is 23.7. The van der Waals surface area contributed by atoms with E-state index in [1.165, 1.54) is 26.4 Å². The van der Waals surface area contributed by atoms with Gasteiger partial charge in [0, 0.05) is 6.54 Å². The number of amides is 2. The summed E-state index contributed by atoms with van der Waals surface area (Å²) in [6, 6.07) is 8.48. The average molecular weight is 483 g/mol. The molecule has 2 rings (SSSR count). The number of rotatable bonds is 11. The molecular formula is C22H24Cl2N2O6. The first kappa shape index (κ1) is 25.3. The van der Waals surface area contributed by atoms with Crippen LogP contribution < -0.4 is 20.1 Å². The Kier molecular flexibility index (Phi) is 9.61. The minimum absolute atomic E-state index is 0.0279. The fourth-order valence-corrected chi connectivity index (χ4v) is 3.61. The van der Waals surface area contributed by atoms with Gasteiger partial charge in [-0.3, -0.25) is 9.59 Å². The first-order valence-electron chi connectivity index (χ1n) is 9.77. The molecule has 0 aliphatic carbocycles. The summed E-state index contributed by atoms with van der Waals surface area (Å²) in [7, 11) is 2.92. The number of carboxylic acids is 1. The molecule has 0 aromatic heterocycles. The van der Waals surface area contributed by atoms with Crippen molar-refractivity contribution in [3.05, 3.63) is 57.6 Å². The third-order valence-electron chi connectivity index (χ3n) is 4.65. The Bertz CT molecular complexity index is 940. The highest BCUT2D eigenvalue weighted by atomic mass is 35.5. The lowest BCUT2D eigenvalue weighted by Gasteiger charge is -2.16. The second kappa shape index (κ2) is 12.2. The van der Waals surface area contributed by atoms with Crippen LogP contribution in [0.1, 0.15) is 40.0 Å². The molecule has 172 valence electrons. The van der Waals surface area contributed by atoms with Gasteiger partial charge in [0.1, 0.15) is 23.1 Å². The van der Waals surface area contributed by atoms with Crippen molar-refractivity contribution in [2.24, 2.45) is 0 Å². The predicted octanol–water partition coefficient (Wildman–Crippen LogP) is 3.79. The van der Waals surface area contributed by atoms with Gasteiger partial charge in [0.15, 0.2) is 0 Å². The van der Waals surface area contributed by atoms with Crippen LogP contribution >= 0.6 is 23.2 Å². The van der Waals surface area contributed by atoms with E-state index in [4.69, 9.17) is 32.7 Å². The maximum atomic E-state index is 12.5. The summed E-state index contributed by atoms with van der Waals surface area (Å²) < 4.78 is 10.4. The van der Waals surface area contributed by atoms with E-state index in [0.29, 0.717) is 30.9 Å². The molecule has 0 heterocycles. The number of carbonyl (C=O) groups excluding carboxylic acids is 2. The van der Waals surface area contributed by atoms with E-state index in [-0.39, 0.29) is 33.5 Å². The Morgan fingerprint density at radius 3 is 2.00 bits per heavy atom. The number of hydrogen-bond acceptors (Lipinski definition) is 5. The maximum absolute atomic E-state index is 12.5. The topological polar surface area (TPSA) is 114 Å². The molecule has 0 spiro atoms. The highest BCUT2D eigenvalue weighted by molar-refractivity contribution is 6.39. The monoisotopic (exact) mass is 482 g/mol. The van der Waals surface area contributed by atoms with Gasteiger partial charge < -0.3 is 25.2 Å². The van der Waals surface area contributed by atoms with E-state index >= 15 is 0 Å². The molecule has 0 radical (unpaired) electrons. The Hall–Kier alpha value is -2.97. The third kappa shape index (κ3) is 6.51. The van der Waals surface area contributed by atoms with Crippen LogP contribution in [0.25, 0.3) is 0 Å². The summed E-state index contributed by atoms with van der Waals surface area (Å²) in [6.07, 6.45) is 1.10. The van der Waals surface area contributed by atoms with E-state index in [0.717, 1.165) is 0 Å². The molecule has 0 aliphatic rings. The zero-order valence-corrected chi connectivity index (χ0v) is 19.1. The van der Waals surface area contributed by atoms with Crippen molar-refractivity contribution in [2.75, 3.05) is 20.8 Å². The van der Waals surface area contributed by atoms with Crippen LogP contribution in [0.15, 0.2) is 36.4 Å². The van der Waals surface area contributed by atoms with Gasteiger partial charge in [-0.15, -0.1) is 0 Å². The largest absolute Gasteiger partial charge is 0.496 e. The van der Waals surface area contributed by atoms with E-state index in [1.807, 2.05) is 0 Å². The van der Waals surface area contributed by atoms with Gasteiger partial charge in [-0.1, -0.05) is 35.3 Å². The zero-order valence-electron chi connectivity index (χ0n) is 17.6. The minimum Gasteiger partial charge on any atom is -0.496 e. The number of carbonyl (C=O) groups is 3. The van der Waals surface area contributed by atoms with E-state index in [9.17, 15) is 19.5 Å². The third-order valence-corrected chi connectivity index (χ3v) is 5.28. The second-order valence-corrected chi connectivity index (χ2v) is 7.56. The average Bonchev–Trinajstić information content (AvgIpc) is 2.76. The number of hydrogen-bond donors (Lipinski definition) is 3. The molecular weight excluding hydrogens is 459 g/mol. The summed E-state index contributed by atoms with van der Waals surface area (Å²) in [6.45, 7) is 0.302. The summed E-state index contributed by atoms with van der Waals surface area (Å²) in [5.41, 5.74) is 0.310. The number of methoxy groups -OCH3 is 2. The van der Waals surface area contributed by atoms with Crippen molar-refractivity contribution in [3.8, 4) is 11.5 Å². The number of halogens is 2. The van der Waals surface area contributed by atoms with Crippen molar-refractivity contribution in [1.29, 1.82) is 0 Å². The molecule has 3 N–H and O–H groups in total. The minimum atomic E-state index is -1.18. The highest BCUT2D eigenvalue weighted by Crippen LogP contribution is 2.28. The summed E-state index contributed by atoms with van der Waals surface area (Å²) in [4.78, 5) is 36.5. The highest BCUT2D eigenvalue weighted by Gasteiger charge is 2.23. The number of benzene rings is 2. The summed E-state index contributed by atoms with van der Waals surface area (Å²) in [5, 5.41) is 14.9. The molecule has 8 nitrogen and oxygen atoms in total. The van der Waals surface area contributed by atoms with E-state index in [1.54, 1.807) is 24.3 Å². The van der Waals surface area contributed by atoms with Crippen LogP contribution in [-0.4, -0.2) is 49.7 Å². The molecule has 10 heteroatoms. The van der Waals surface area contributed by atoms with Crippen molar-refractivity contribution in [3.63, 3.8) is 0 Å².